The molecule has 5 nitrogen and oxygen atoms in total. The summed E-state index contributed by atoms with van der Waals surface area (Å²) in [5, 5.41) is 30.5. The highest BCUT2D eigenvalue weighted by molar-refractivity contribution is 8.03. The Morgan fingerprint density at radius 2 is 1.83 bits per heavy atom. The Morgan fingerprint density at radius 3 is 2.58 bits per heavy atom. The maximum atomic E-state index is 10.6. The predicted molar refractivity (Wildman–Crippen MR) is 90.3 cm³/mol. The number of fused-ring (bicyclic) bond motifs is 1. The van der Waals surface area contributed by atoms with Crippen LogP contribution in [0.25, 0.3) is 0 Å². The minimum atomic E-state index is -0.942. The van der Waals surface area contributed by atoms with E-state index < -0.39 is 36.0 Å². The Hall–Kier alpha value is -1.05. The molecule has 0 aromatic heterocycles. The smallest absolute Gasteiger partial charge is 0.214 e. The number of aliphatic hydroxyl groups excluding tert-OH is 3. The summed E-state index contributed by atoms with van der Waals surface area (Å²) in [6, 6.07) is 10.1. The van der Waals surface area contributed by atoms with Crippen molar-refractivity contribution < 1.29 is 24.8 Å². The van der Waals surface area contributed by atoms with Gasteiger partial charge in [0.1, 0.15) is 23.2 Å². The highest BCUT2D eigenvalue weighted by Gasteiger charge is 2.49. The third kappa shape index (κ3) is 2.76. The SMILES string of the molecule is CC1OC2OC3=C(SC2C(O)C1O)C(O)CC(c1ccccc1)C3. The van der Waals surface area contributed by atoms with Gasteiger partial charge in [-0.25, -0.2) is 0 Å². The van der Waals surface area contributed by atoms with Crippen LogP contribution < -0.4 is 0 Å². The van der Waals surface area contributed by atoms with Gasteiger partial charge in [0.15, 0.2) is 0 Å². The number of aliphatic hydroxyl groups is 3. The van der Waals surface area contributed by atoms with Crippen molar-refractivity contribution in [3.63, 3.8) is 0 Å². The first-order valence-corrected chi connectivity index (χ1v) is 9.23. The van der Waals surface area contributed by atoms with Crippen molar-refractivity contribution in [3.05, 3.63) is 46.6 Å². The number of thioether (sulfide) groups is 1. The first kappa shape index (κ1) is 16.4. The molecule has 2 heterocycles. The van der Waals surface area contributed by atoms with Crippen LogP contribution in [0.5, 0.6) is 0 Å². The van der Waals surface area contributed by atoms with Gasteiger partial charge < -0.3 is 24.8 Å². The van der Waals surface area contributed by atoms with E-state index in [4.69, 9.17) is 9.47 Å². The number of rotatable bonds is 1. The lowest BCUT2D eigenvalue weighted by molar-refractivity contribution is -0.231. The van der Waals surface area contributed by atoms with Crippen molar-refractivity contribution in [2.75, 3.05) is 0 Å². The molecule has 0 spiro atoms. The van der Waals surface area contributed by atoms with Crippen molar-refractivity contribution in [2.24, 2.45) is 0 Å². The van der Waals surface area contributed by atoms with Gasteiger partial charge >= 0.3 is 0 Å². The second-order valence-electron chi connectivity index (χ2n) is 6.74. The predicted octanol–water partition coefficient (Wildman–Crippen LogP) is 1.74. The zero-order valence-corrected chi connectivity index (χ0v) is 14.2. The Kier molecular flexibility index (Phi) is 4.34. The van der Waals surface area contributed by atoms with Crippen LogP contribution in [0.15, 0.2) is 41.0 Å². The number of allylic oxidation sites excluding steroid dienone is 1. The molecule has 1 saturated heterocycles. The van der Waals surface area contributed by atoms with Crippen molar-refractivity contribution in [3.8, 4) is 0 Å². The lowest BCUT2D eigenvalue weighted by Crippen LogP contribution is -2.57. The molecule has 0 bridgehead atoms. The first-order valence-electron chi connectivity index (χ1n) is 8.35. The summed E-state index contributed by atoms with van der Waals surface area (Å²) in [6.45, 7) is 1.73. The molecule has 24 heavy (non-hydrogen) atoms. The third-order valence-electron chi connectivity index (χ3n) is 5.09. The fourth-order valence-electron chi connectivity index (χ4n) is 3.71. The normalized spacial score (nSPS) is 42.1. The number of benzene rings is 1. The van der Waals surface area contributed by atoms with E-state index in [1.54, 1.807) is 6.92 Å². The summed E-state index contributed by atoms with van der Waals surface area (Å²) in [7, 11) is 0. The van der Waals surface area contributed by atoms with Crippen molar-refractivity contribution in [1.29, 1.82) is 0 Å². The summed E-state index contributed by atoms with van der Waals surface area (Å²) in [6.07, 6.45) is -2.23. The molecule has 4 rings (SSSR count). The van der Waals surface area contributed by atoms with Gasteiger partial charge in [-0.2, -0.15) is 0 Å². The second-order valence-corrected chi connectivity index (χ2v) is 7.96. The number of hydrogen-bond acceptors (Lipinski definition) is 6. The summed E-state index contributed by atoms with van der Waals surface area (Å²) in [5.74, 6) is 0.957. The molecule has 3 aliphatic rings. The van der Waals surface area contributed by atoms with E-state index in [1.165, 1.54) is 17.3 Å². The molecule has 130 valence electrons. The highest BCUT2D eigenvalue weighted by Crippen LogP contribution is 2.49. The van der Waals surface area contributed by atoms with Crippen LogP contribution in [0.1, 0.15) is 31.2 Å². The molecule has 1 aromatic carbocycles. The van der Waals surface area contributed by atoms with Gasteiger partial charge in [0.05, 0.1) is 17.1 Å². The Morgan fingerprint density at radius 1 is 1.08 bits per heavy atom. The van der Waals surface area contributed by atoms with Crippen LogP contribution in [0.3, 0.4) is 0 Å². The van der Waals surface area contributed by atoms with Gasteiger partial charge in [0, 0.05) is 6.42 Å². The molecular formula is C18H22O5S. The molecule has 3 N–H and O–H groups in total. The van der Waals surface area contributed by atoms with Gasteiger partial charge in [0.2, 0.25) is 6.29 Å². The van der Waals surface area contributed by atoms with Crippen molar-refractivity contribution in [2.45, 2.75) is 61.6 Å². The van der Waals surface area contributed by atoms with Gasteiger partial charge in [-0.1, -0.05) is 30.3 Å². The molecule has 0 radical (unpaired) electrons. The number of ether oxygens (including phenoxy) is 2. The molecule has 0 saturated carbocycles. The van der Waals surface area contributed by atoms with Crippen molar-refractivity contribution in [1.82, 2.24) is 0 Å². The maximum Gasteiger partial charge on any atom is 0.214 e. The topological polar surface area (TPSA) is 79.2 Å². The van der Waals surface area contributed by atoms with Crippen molar-refractivity contribution >= 4 is 11.8 Å². The Balaban J connectivity index is 1.59. The van der Waals surface area contributed by atoms with E-state index in [0.29, 0.717) is 12.8 Å². The minimum absolute atomic E-state index is 0.202. The Bertz CT molecular complexity index is 634. The van der Waals surface area contributed by atoms with Gasteiger partial charge in [-0.15, -0.1) is 11.8 Å². The van der Waals surface area contributed by atoms with E-state index in [2.05, 4.69) is 12.1 Å². The van der Waals surface area contributed by atoms with E-state index in [9.17, 15) is 15.3 Å². The molecule has 6 heteroatoms. The second kappa shape index (κ2) is 6.35. The summed E-state index contributed by atoms with van der Waals surface area (Å²) in [5.41, 5.74) is 1.19. The fraction of sp³-hybridized carbons (Fsp3) is 0.556. The van der Waals surface area contributed by atoms with Crippen LogP contribution in [0.4, 0.5) is 0 Å². The standard InChI is InChI=1S/C18H22O5S/c1-9-14(20)15(21)17-18(22-9)23-13-8-11(7-12(19)16(13)24-17)10-5-3-2-4-6-10/h2-6,9,11-12,14-15,17-21H,7-8H2,1H3. The Labute approximate surface area is 145 Å². The van der Waals surface area contributed by atoms with Gasteiger partial charge in [-0.05, 0) is 24.8 Å². The van der Waals surface area contributed by atoms with E-state index >= 15 is 0 Å². The molecule has 2 aliphatic heterocycles. The monoisotopic (exact) mass is 350 g/mol. The van der Waals surface area contributed by atoms with Crippen LogP contribution in [-0.4, -0.2) is 51.3 Å². The minimum Gasteiger partial charge on any atom is -0.467 e. The lowest BCUT2D eigenvalue weighted by atomic mass is 9.85. The van der Waals surface area contributed by atoms with E-state index in [1.807, 2.05) is 18.2 Å². The zero-order chi connectivity index (χ0) is 16.8. The molecule has 7 atom stereocenters. The highest BCUT2D eigenvalue weighted by atomic mass is 32.2. The first-order chi connectivity index (χ1) is 11.5. The molecule has 7 unspecified atom stereocenters. The fourth-order valence-corrected chi connectivity index (χ4v) is 5.05. The van der Waals surface area contributed by atoms with Gasteiger partial charge in [0.25, 0.3) is 0 Å². The lowest BCUT2D eigenvalue weighted by Gasteiger charge is -2.46. The zero-order valence-electron chi connectivity index (χ0n) is 13.4. The van der Waals surface area contributed by atoms with Crippen LogP contribution in [0, 0.1) is 0 Å². The average molecular weight is 350 g/mol. The maximum absolute atomic E-state index is 10.6. The molecule has 0 amide bonds. The van der Waals surface area contributed by atoms with E-state index in [-0.39, 0.29) is 5.92 Å². The molecule has 1 aromatic rings. The molecule has 1 aliphatic carbocycles. The average Bonchev–Trinajstić information content (AvgIpc) is 2.59. The van der Waals surface area contributed by atoms with E-state index in [0.717, 1.165) is 10.7 Å². The summed E-state index contributed by atoms with van der Waals surface area (Å²) in [4.78, 5) is 0.771. The summed E-state index contributed by atoms with van der Waals surface area (Å²) >= 11 is 1.39. The van der Waals surface area contributed by atoms with Crippen LogP contribution in [-0.2, 0) is 9.47 Å². The summed E-state index contributed by atoms with van der Waals surface area (Å²) < 4.78 is 11.7. The number of hydrogen-bond donors (Lipinski definition) is 3. The quantitative estimate of drug-likeness (QED) is 0.716. The van der Waals surface area contributed by atoms with Gasteiger partial charge in [-0.3, -0.25) is 0 Å². The van der Waals surface area contributed by atoms with Crippen LogP contribution in [0.2, 0.25) is 0 Å². The molecule has 1 fully saturated rings. The largest absolute Gasteiger partial charge is 0.467 e. The third-order valence-corrected chi connectivity index (χ3v) is 6.62. The van der Waals surface area contributed by atoms with Crippen LogP contribution >= 0.6 is 11.8 Å². The molecular weight excluding hydrogens is 328 g/mol.